The molecule has 2 heterocycles. The number of carbonyl (C=O) groups excluding carboxylic acids is 1. The van der Waals surface area contributed by atoms with Crippen LogP contribution in [0.15, 0.2) is 71.5 Å². The number of aromatic nitrogens is 1. The van der Waals surface area contributed by atoms with Gasteiger partial charge in [-0.2, -0.15) is 0 Å². The van der Waals surface area contributed by atoms with E-state index in [-0.39, 0.29) is 17.7 Å². The molecular formula is C21H20N2O3. The molecule has 1 N–H and O–H groups in total. The minimum absolute atomic E-state index is 0.0109. The molecule has 0 spiro atoms. The number of pyridine rings is 1. The summed E-state index contributed by atoms with van der Waals surface area (Å²) >= 11 is 0. The Labute approximate surface area is 152 Å². The van der Waals surface area contributed by atoms with E-state index in [0.717, 1.165) is 23.3 Å². The first-order valence-electron chi connectivity index (χ1n) is 8.72. The summed E-state index contributed by atoms with van der Waals surface area (Å²) in [5.41, 5.74) is 2.05. The lowest BCUT2D eigenvalue weighted by molar-refractivity contribution is -0.122. The first-order chi connectivity index (χ1) is 12.8. The van der Waals surface area contributed by atoms with Gasteiger partial charge in [0.25, 0.3) is 0 Å². The topological polar surface area (TPSA) is 64.4 Å². The van der Waals surface area contributed by atoms with Gasteiger partial charge in [-0.3, -0.25) is 4.79 Å². The van der Waals surface area contributed by atoms with Crippen LogP contribution in [0.25, 0.3) is 0 Å². The highest BCUT2D eigenvalue weighted by Crippen LogP contribution is 2.47. The number of amides is 1. The SMILES string of the molecule is O=C(NCc1ccnc(OCc2ccccc2)c1)[C@H]1C[C@@H]1c1ccco1. The molecule has 4 rings (SSSR count). The van der Waals surface area contributed by atoms with E-state index in [1.165, 1.54) is 0 Å². The van der Waals surface area contributed by atoms with E-state index in [1.807, 2.05) is 54.6 Å². The highest BCUT2D eigenvalue weighted by atomic mass is 16.5. The average molecular weight is 348 g/mol. The van der Waals surface area contributed by atoms with E-state index in [0.29, 0.717) is 19.0 Å². The van der Waals surface area contributed by atoms with Gasteiger partial charge in [0.1, 0.15) is 12.4 Å². The number of rotatable bonds is 7. The van der Waals surface area contributed by atoms with Crippen molar-refractivity contribution in [3.05, 3.63) is 83.9 Å². The van der Waals surface area contributed by atoms with Crippen molar-refractivity contribution in [3.63, 3.8) is 0 Å². The van der Waals surface area contributed by atoms with Gasteiger partial charge in [-0.15, -0.1) is 0 Å². The average Bonchev–Trinajstić information content (AvgIpc) is 3.30. The minimum Gasteiger partial charge on any atom is -0.473 e. The quantitative estimate of drug-likeness (QED) is 0.707. The largest absolute Gasteiger partial charge is 0.473 e. The van der Waals surface area contributed by atoms with Crippen LogP contribution in [0.3, 0.4) is 0 Å². The van der Waals surface area contributed by atoms with E-state index < -0.39 is 0 Å². The Morgan fingerprint density at radius 1 is 1.15 bits per heavy atom. The molecule has 5 nitrogen and oxygen atoms in total. The Balaban J connectivity index is 1.28. The highest BCUT2D eigenvalue weighted by molar-refractivity contribution is 5.82. The first-order valence-corrected chi connectivity index (χ1v) is 8.72. The molecule has 5 heteroatoms. The third-order valence-electron chi connectivity index (χ3n) is 4.53. The molecule has 0 unspecified atom stereocenters. The number of nitrogens with zero attached hydrogens (tertiary/aromatic N) is 1. The molecule has 0 aliphatic heterocycles. The van der Waals surface area contributed by atoms with Crippen LogP contribution in [0.1, 0.15) is 29.2 Å². The third kappa shape index (κ3) is 3.94. The van der Waals surface area contributed by atoms with Crippen molar-refractivity contribution < 1.29 is 13.9 Å². The minimum atomic E-state index is 0.0109. The number of nitrogens with one attached hydrogen (secondary N) is 1. The molecule has 1 amide bonds. The molecule has 1 saturated carbocycles. The fourth-order valence-electron chi connectivity index (χ4n) is 2.99. The van der Waals surface area contributed by atoms with Crippen LogP contribution in [-0.4, -0.2) is 10.9 Å². The zero-order chi connectivity index (χ0) is 17.8. The normalized spacial score (nSPS) is 18.3. The number of ether oxygens (including phenoxy) is 1. The lowest BCUT2D eigenvalue weighted by atomic mass is 10.2. The van der Waals surface area contributed by atoms with Gasteiger partial charge in [0.2, 0.25) is 11.8 Å². The standard InChI is InChI=1S/C21H20N2O3/c24-21(18-12-17(18)19-7-4-10-25-19)23-13-16-8-9-22-20(11-16)26-14-15-5-2-1-3-6-15/h1-11,17-18H,12-14H2,(H,23,24)/t17-,18-/m0/s1. The van der Waals surface area contributed by atoms with Gasteiger partial charge in [-0.05, 0) is 35.7 Å². The zero-order valence-electron chi connectivity index (χ0n) is 14.3. The summed E-state index contributed by atoms with van der Waals surface area (Å²) in [4.78, 5) is 16.5. The molecule has 0 saturated heterocycles. The van der Waals surface area contributed by atoms with Crippen LogP contribution in [0.4, 0.5) is 0 Å². The van der Waals surface area contributed by atoms with Gasteiger partial charge in [-0.1, -0.05) is 30.3 Å². The van der Waals surface area contributed by atoms with Crippen molar-refractivity contribution in [1.29, 1.82) is 0 Å². The molecule has 2 aromatic heterocycles. The van der Waals surface area contributed by atoms with Gasteiger partial charge < -0.3 is 14.5 Å². The fraction of sp³-hybridized carbons (Fsp3) is 0.238. The molecule has 1 aliphatic rings. The molecular weight excluding hydrogens is 328 g/mol. The lowest BCUT2D eigenvalue weighted by Crippen LogP contribution is -2.24. The molecule has 26 heavy (non-hydrogen) atoms. The summed E-state index contributed by atoms with van der Waals surface area (Å²) in [5.74, 6) is 1.74. The second-order valence-electron chi connectivity index (χ2n) is 6.46. The van der Waals surface area contributed by atoms with Crippen LogP contribution in [0, 0.1) is 5.92 Å². The van der Waals surface area contributed by atoms with E-state index in [1.54, 1.807) is 12.5 Å². The molecule has 0 radical (unpaired) electrons. The van der Waals surface area contributed by atoms with E-state index in [4.69, 9.17) is 9.15 Å². The number of benzene rings is 1. The van der Waals surface area contributed by atoms with Gasteiger partial charge in [-0.25, -0.2) is 4.98 Å². The maximum atomic E-state index is 12.3. The van der Waals surface area contributed by atoms with Crippen LogP contribution in [-0.2, 0) is 17.9 Å². The Kier molecular flexibility index (Phi) is 4.69. The summed E-state index contributed by atoms with van der Waals surface area (Å²) in [7, 11) is 0. The summed E-state index contributed by atoms with van der Waals surface area (Å²) in [6.45, 7) is 0.932. The molecule has 1 aliphatic carbocycles. The Morgan fingerprint density at radius 3 is 2.85 bits per heavy atom. The number of carbonyl (C=O) groups is 1. The number of hydrogen-bond donors (Lipinski definition) is 1. The highest BCUT2D eigenvalue weighted by Gasteiger charge is 2.45. The first kappa shape index (κ1) is 16.4. The van der Waals surface area contributed by atoms with Crippen molar-refractivity contribution in [3.8, 4) is 5.88 Å². The van der Waals surface area contributed by atoms with E-state index in [9.17, 15) is 4.79 Å². The van der Waals surface area contributed by atoms with Crippen LogP contribution in [0.2, 0.25) is 0 Å². The molecule has 0 bridgehead atoms. The third-order valence-corrected chi connectivity index (χ3v) is 4.53. The Hall–Kier alpha value is -3.08. The van der Waals surface area contributed by atoms with Crippen molar-refractivity contribution >= 4 is 5.91 Å². The summed E-state index contributed by atoms with van der Waals surface area (Å²) in [6, 6.07) is 17.5. The van der Waals surface area contributed by atoms with Crippen molar-refractivity contribution in [1.82, 2.24) is 10.3 Å². The van der Waals surface area contributed by atoms with Gasteiger partial charge in [0.05, 0.1) is 6.26 Å². The van der Waals surface area contributed by atoms with Crippen LogP contribution < -0.4 is 10.1 Å². The summed E-state index contributed by atoms with van der Waals surface area (Å²) < 4.78 is 11.1. The lowest BCUT2D eigenvalue weighted by Gasteiger charge is -2.08. The predicted molar refractivity (Wildman–Crippen MR) is 96.4 cm³/mol. The molecule has 1 aromatic carbocycles. The molecule has 3 aromatic rings. The van der Waals surface area contributed by atoms with E-state index >= 15 is 0 Å². The maximum Gasteiger partial charge on any atom is 0.224 e. The van der Waals surface area contributed by atoms with E-state index in [2.05, 4.69) is 10.3 Å². The Bertz CT molecular complexity index is 862. The molecule has 132 valence electrons. The molecule has 1 fully saturated rings. The van der Waals surface area contributed by atoms with Crippen LogP contribution in [0.5, 0.6) is 5.88 Å². The number of hydrogen-bond acceptors (Lipinski definition) is 4. The second kappa shape index (κ2) is 7.44. The van der Waals surface area contributed by atoms with Gasteiger partial charge in [0.15, 0.2) is 0 Å². The van der Waals surface area contributed by atoms with Crippen molar-refractivity contribution in [2.24, 2.45) is 5.92 Å². The smallest absolute Gasteiger partial charge is 0.224 e. The van der Waals surface area contributed by atoms with Crippen molar-refractivity contribution in [2.75, 3.05) is 0 Å². The summed E-state index contributed by atoms with van der Waals surface area (Å²) in [5, 5.41) is 2.99. The van der Waals surface area contributed by atoms with Crippen LogP contribution >= 0.6 is 0 Å². The predicted octanol–water partition coefficient (Wildman–Crippen LogP) is 3.67. The Morgan fingerprint density at radius 2 is 2.04 bits per heavy atom. The monoisotopic (exact) mass is 348 g/mol. The number of furan rings is 1. The summed E-state index contributed by atoms with van der Waals surface area (Å²) in [6.07, 6.45) is 4.20. The second-order valence-corrected chi connectivity index (χ2v) is 6.46. The van der Waals surface area contributed by atoms with Gasteiger partial charge in [0, 0.05) is 30.6 Å². The maximum absolute atomic E-state index is 12.3. The molecule has 2 atom stereocenters. The fourth-order valence-corrected chi connectivity index (χ4v) is 2.99. The zero-order valence-corrected chi connectivity index (χ0v) is 14.3. The van der Waals surface area contributed by atoms with Crippen molar-refractivity contribution in [2.45, 2.75) is 25.5 Å². The van der Waals surface area contributed by atoms with Gasteiger partial charge >= 0.3 is 0 Å².